The third-order valence-corrected chi connectivity index (χ3v) is 3.76. The third kappa shape index (κ3) is 2.90. The molecule has 1 aliphatic heterocycles. The smallest absolute Gasteiger partial charge is 0.239 e. The maximum absolute atomic E-state index is 6.01. The topological polar surface area (TPSA) is 75.9 Å². The SMILES string of the molecule is NNc1ncc(Cl)c(NC2CCSCC2)n1. The van der Waals surface area contributed by atoms with E-state index in [0.717, 1.165) is 12.8 Å². The van der Waals surface area contributed by atoms with Crippen molar-refractivity contribution in [2.75, 3.05) is 22.2 Å². The lowest BCUT2D eigenvalue weighted by atomic mass is 10.1. The summed E-state index contributed by atoms with van der Waals surface area (Å²) in [7, 11) is 0. The summed E-state index contributed by atoms with van der Waals surface area (Å²) in [6, 6.07) is 0.444. The number of rotatable bonds is 3. The molecule has 88 valence electrons. The second-order valence-corrected chi connectivity index (χ2v) is 5.20. The van der Waals surface area contributed by atoms with Gasteiger partial charge in [0.05, 0.1) is 6.20 Å². The van der Waals surface area contributed by atoms with Gasteiger partial charge in [0.2, 0.25) is 5.95 Å². The van der Waals surface area contributed by atoms with Crippen LogP contribution in [-0.4, -0.2) is 27.5 Å². The molecular weight excluding hydrogens is 246 g/mol. The quantitative estimate of drug-likeness (QED) is 0.567. The Bertz CT molecular complexity index is 356. The molecule has 0 aliphatic carbocycles. The Kier molecular flexibility index (Phi) is 4.09. The zero-order chi connectivity index (χ0) is 11.4. The maximum Gasteiger partial charge on any atom is 0.239 e. The number of hydrazine groups is 1. The number of halogens is 1. The van der Waals surface area contributed by atoms with E-state index >= 15 is 0 Å². The van der Waals surface area contributed by atoms with Crippen LogP contribution in [-0.2, 0) is 0 Å². The molecule has 1 aromatic rings. The summed E-state index contributed by atoms with van der Waals surface area (Å²) in [4.78, 5) is 8.12. The molecule has 5 nitrogen and oxygen atoms in total. The minimum atomic E-state index is 0.372. The summed E-state index contributed by atoms with van der Waals surface area (Å²) in [6.07, 6.45) is 3.82. The Labute approximate surface area is 104 Å². The first kappa shape index (κ1) is 11.8. The minimum absolute atomic E-state index is 0.372. The van der Waals surface area contributed by atoms with Crippen molar-refractivity contribution >= 4 is 35.1 Å². The van der Waals surface area contributed by atoms with E-state index in [1.54, 1.807) is 6.20 Å². The second-order valence-electron chi connectivity index (χ2n) is 3.57. The van der Waals surface area contributed by atoms with E-state index in [2.05, 4.69) is 20.7 Å². The van der Waals surface area contributed by atoms with Crippen LogP contribution >= 0.6 is 23.4 Å². The molecule has 7 heteroatoms. The molecule has 0 unspecified atom stereocenters. The van der Waals surface area contributed by atoms with Gasteiger partial charge in [-0.2, -0.15) is 16.7 Å². The molecule has 1 fully saturated rings. The molecule has 16 heavy (non-hydrogen) atoms. The largest absolute Gasteiger partial charge is 0.366 e. The lowest BCUT2D eigenvalue weighted by Crippen LogP contribution is -2.25. The Balaban J connectivity index is 2.06. The van der Waals surface area contributed by atoms with Crippen LogP contribution in [0.5, 0.6) is 0 Å². The van der Waals surface area contributed by atoms with Gasteiger partial charge in [0.15, 0.2) is 5.82 Å². The van der Waals surface area contributed by atoms with Crippen molar-refractivity contribution in [3.8, 4) is 0 Å². The lowest BCUT2D eigenvalue weighted by Gasteiger charge is -2.23. The highest BCUT2D eigenvalue weighted by Gasteiger charge is 2.15. The van der Waals surface area contributed by atoms with Gasteiger partial charge in [-0.1, -0.05) is 11.6 Å². The molecule has 0 radical (unpaired) electrons. The molecule has 0 atom stereocenters. The lowest BCUT2D eigenvalue weighted by molar-refractivity contribution is 0.663. The van der Waals surface area contributed by atoms with E-state index in [1.165, 1.54) is 11.5 Å². The normalized spacial score (nSPS) is 17.1. The molecule has 0 spiro atoms. The zero-order valence-electron chi connectivity index (χ0n) is 8.74. The summed E-state index contributed by atoms with van der Waals surface area (Å²) in [5.74, 6) is 8.65. The average molecular weight is 260 g/mol. The number of nitrogens with one attached hydrogen (secondary N) is 2. The number of hydrogen-bond donors (Lipinski definition) is 3. The van der Waals surface area contributed by atoms with Crippen molar-refractivity contribution in [2.24, 2.45) is 5.84 Å². The van der Waals surface area contributed by atoms with Gasteiger partial charge < -0.3 is 5.32 Å². The Hall–Kier alpha value is -0.720. The maximum atomic E-state index is 6.01. The van der Waals surface area contributed by atoms with Crippen molar-refractivity contribution in [1.29, 1.82) is 0 Å². The van der Waals surface area contributed by atoms with Crippen LogP contribution in [0.15, 0.2) is 6.20 Å². The van der Waals surface area contributed by atoms with Gasteiger partial charge in [-0.25, -0.2) is 10.8 Å². The summed E-state index contributed by atoms with van der Waals surface area (Å²) in [5, 5.41) is 3.86. The predicted octanol–water partition coefficient (Wildman–Crippen LogP) is 1.72. The van der Waals surface area contributed by atoms with Crippen LogP contribution in [0.4, 0.5) is 11.8 Å². The number of anilines is 2. The molecule has 2 heterocycles. The van der Waals surface area contributed by atoms with Crippen molar-refractivity contribution in [1.82, 2.24) is 9.97 Å². The fraction of sp³-hybridized carbons (Fsp3) is 0.556. The molecule has 1 saturated heterocycles. The van der Waals surface area contributed by atoms with Gasteiger partial charge >= 0.3 is 0 Å². The summed E-state index contributed by atoms with van der Waals surface area (Å²) >= 11 is 7.99. The first-order chi connectivity index (χ1) is 7.79. The first-order valence-corrected chi connectivity index (χ1v) is 6.66. The van der Waals surface area contributed by atoms with Crippen LogP contribution in [0.1, 0.15) is 12.8 Å². The summed E-state index contributed by atoms with van der Waals surface area (Å²) in [6.45, 7) is 0. The van der Waals surface area contributed by atoms with Crippen molar-refractivity contribution in [3.05, 3.63) is 11.2 Å². The number of aromatic nitrogens is 2. The second kappa shape index (κ2) is 5.56. The van der Waals surface area contributed by atoms with Crippen molar-refractivity contribution < 1.29 is 0 Å². The number of nitrogen functional groups attached to an aromatic ring is 1. The van der Waals surface area contributed by atoms with Crippen LogP contribution in [0.3, 0.4) is 0 Å². The number of nitrogens with two attached hydrogens (primary N) is 1. The van der Waals surface area contributed by atoms with Gasteiger partial charge in [-0.15, -0.1) is 0 Å². The molecule has 0 saturated carbocycles. The van der Waals surface area contributed by atoms with Crippen LogP contribution in [0.25, 0.3) is 0 Å². The Morgan fingerprint density at radius 2 is 2.19 bits per heavy atom. The molecule has 1 aromatic heterocycles. The monoisotopic (exact) mass is 259 g/mol. The van der Waals surface area contributed by atoms with E-state index in [4.69, 9.17) is 17.4 Å². The number of hydrogen-bond acceptors (Lipinski definition) is 6. The van der Waals surface area contributed by atoms with E-state index in [-0.39, 0.29) is 0 Å². The third-order valence-electron chi connectivity index (χ3n) is 2.44. The van der Waals surface area contributed by atoms with Gasteiger partial charge in [0.1, 0.15) is 5.02 Å². The van der Waals surface area contributed by atoms with Crippen LogP contribution in [0, 0.1) is 0 Å². The average Bonchev–Trinajstić information content (AvgIpc) is 2.33. The molecular formula is C9H14ClN5S. The molecule has 4 N–H and O–H groups in total. The molecule has 0 aromatic carbocycles. The summed E-state index contributed by atoms with van der Waals surface area (Å²) < 4.78 is 0. The fourth-order valence-electron chi connectivity index (χ4n) is 1.57. The standard InChI is InChI=1S/C9H14ClN5S/c10-7-5-12-9(15-11)14-8(7)13-6-1-3-16-4-2-6/h5-6H,1-4,11H2,(H2,12,13,14,15). The van der Waals surface area contributed by atoms with Gasteiger partial charge in [0, 0.05) is 6.04 Å². The molecule has 0 amide bonds. The van der Waals surface area contributed by atoms with E-state index in [0.29, 0.717) is 22.8 Å². The van der Waals surface area contributed by atoms with Gasteiger partial charge in [0.25, 0.3) is 0 Å². The van der Waals surface area contributed by atoms with Crippen LogP contribution in [0.2, 0.25) is 5.02 Å². The fourth-order valence-corrected chi connectivity index (χ4v) is 2.83. The predicted molar refractivity (Wildman–Crippen MR) is 68.8 cm³/mol. The Morgan fingerprint density at radius 3 is 2.88 bits per heavy atom. The van der Waals surface area contributed by atoms with Crippen LogP contribution < -0.4 is 16.6 Å². The Morgan fingerprint density at radius 1 is 1.44 bits per heavy atom. The zero-order valence-corrected chi connectivity index (χ0v) is 10.3. The highest BCUT2D eigenvalue weighted by Crippen LogP contribution is 2.24. The minimum Gasteiger partial charge on any atom is -0.366 e. The molecule has 1 aliphatic rings. The van der Waals surface area contributed by atoms with E-state index in [9.17, 15) is 0 Å². The summed E-state index contributed by atoms with van der Waals surface area (Å²) in [5.41, 5.74) is 2.41. The van der Waals surface area contributed by atoms with Gasteiger partial charge in [-0.05, 0) is 24.3 Å². The van der Waals surface area contributed by atoms with Crippen molar-refractivity contribution in [3.63, 3.8) is 0 Å². The number of thioether (sulfide) groups is 1. The highest BCUT2D eigenvalue weighted by molar-refractivity contribution is 7.99. The van der Waals surface area contributed by atoms with Crippen molar-refractivity contribution in [2.45, 2.75) is 18.9 Å². The van der Waals surface area contributed by atoms with E-state index in [1.807, 2.05) is 11.8 Å². The first-order valence-electron chi connectivity index (χ1n) is 5.13. The molecule has 0 bridgehead atoms. The highest BCUT2D eigenvalue weighted by atomic mass is 35.5. The number of nitrogens with zero attached hydrogens (tertiary/aromatic N) is 2. The van der Waals surface area contributed by atoms with E-state index < -0.39 is 0 Å². The van der Waals surface area contributed by atoms with Gasteiger partial charge in [-0.3, -0.25) is 5.43 Å². The molecule has 2 rings (SSSR count).